The Morgan fingerprint density at radius 3 is 2.97 bits per heavy atom. The van der Waals surface area contributed by atoms with Gasteiger partial charge in [-0.1, -0.05) is 6.42 Å². The number of aryl methyl sites for hydroxylation is 1. The van der Waals surface area contributed by atoms with Crippen molar-refractivity contribution in [1.29, 1.82) is 5.26 Å². The highest BCUT2D eigenvalue weighted by Crippen LogP contribution is 2.35. The third-order valence-electron chi connectivity index (χ3n) is 5.76. The van der Waals surface area contributed by atoms with E-state index < -0.39 is 0 Å². The maximum atomic E-state index is 11.6. The summed E-state index contributed by atoms with van der Waals surface area (Å²) in [6.07, 6.45) is 5.46. The number of alkyl halides is 1. The van der Waals surface area contributed by atoms with Crippen LogP contribution in [0.3, 0.4) is 0 Å². The molecule has 32 heavy (non-hydrogen) atoms. The number of fused-ring (bicyclic) bond motifs is 1. The predicted octanol–water partition coefficient (Wildman–Crippen LogP) is 3.56. The molecule has 2 atom stereocenters. The zero-order valence-corrected chi connectivity index (χ0v) is 18.7. The number of benzene rings is 1. The molecule has 1 aliphatic rings. The molecule has 9 nitrogen and oxygen atoms in total. The smallest absolute Gasteiger partial charge is 0.239 e. The van der Waals surface area contributed by atoms with Crippen molar-refractivity contribution in [3.63, 3.8) is 0 Å². The average Bonchev–Trinajstić information content (AvgIpc) is 3.14. The van der Waals surface area contributed by atoms with E-state index in [9.17, 15) is 4.79 Å². The number of amides is 1. The molecular formula is C22H24ClN7O2. The summed E-state index contributed by atoms with van der Waals surface area (Å²) in [6.45, 7) is 0. The van der Waals surface area contributed by atoms with Gasteiger partial charge in [0, 0.05) is 24.7 Å². The summed E-state index contributed by atoms with van der Waals surface area (Å²) >= 11 is 5.59. The van der Waals surface area contributed by atoms with Crippen LogP contribution in [-0.4, -0.2) is 44.5 Å². The Morgan fingerprint density at radius 2 is 2.22 bits per heavy atom. The van der Waals surface area contributed by atoms with Crippen molar-refractivity contribution < 1.29 is 9.53 Å². The quantitative estimate of drug-likeness (QED) is 0.548. The molecule has 0 radical (unpaired) electrons. The van der Waals surface area contributed by atoms with E-state index in [1.807, 2.05) is 31.3 Å². The van der Waals surface area contributed by atoms with Gasteiger partial charge < -0.3 is 19.9 Å². The first-order valence-electron chi connectivity index (χ1n) is 10.4. The van der Waals surface area contributed by atoms with E-state index >= 15 is 0 Å². The zero-order chi connectivity index (χ0) is 22.7. The van der Waals surface area contributed by atoms with Gasteiger partial charge in [-0.25, -0.2) is 9.97 Å². The largest absolute Gasteiger partial charge is 0.480 e. The lowest BCUT2D eigenvalue weighted by Crippen LogP contribution is -2.28. The number of nitriles is 1. The molecule has 3 aromatic rings. The summed E-state index contributed by atoms with van der Waals surface area (Å²) in [5.41, 5.74) is 2.84. The zero-order valence-electron chi connectivity index (χ0n) is 17.9. The molecule has 1 aliphatic carbocycles. The number of methoxy groups -OCH3 is 1. The van der Waals surface area contributed by atoms with Crippen LogP contribution in [-0.2, 0) is 11.8 Å². The van der Waals surface area contributed by atoms with E-state index in [1.54, 1.807) is 0 Å². The molecule has 0 spiro atoms. The van der Waals surface area contributed by atoms with Crippen molar-refractivity contribution >= 4 is 40.2 Å². The molecule has 0 unspecified atom stereocenters. The standard InChI is InChI=1S/C22H24ClN7O2/c1-30-18-7-6-16(26-19(31)10-23)9-17(18)28-20(30)13-4-3-5-15(8-13)27-22-25-12-14(11-24)21(29-22)32-2/h6-7,9,12-13,15H,3-5,8,10H2,1-2H3,(H,26,31)(H,25,27,29)/t13-,15+/m0/s1. The van der Waals surface area contributed by atoms with Gasteiger partial charge in [-0.05, 0) is 37.5 Å². The van der Waals surface area contributed by atoms with Gasteiger partial charge in [0.2, 0.25) is 17.7 Å². The fraction of sp³-hybridized carbons (Fsp3) is 0.409. The van der Waals surface area contributed by atoms with Crippen LogP contribution in [0, 0.1) is 11.3 Å². The van der Waals surface area contributed by atoms with Gasteiger partial charge in [-0.15, -0.1) is 11.6 Å². The number of carbonyl (C=O) groups excluding carboxylic acids is 1. The maximum Gasteiger partial charge on any atom is 0.239 e. The highest BCUT2D eigenvalue weighted by molar-refractivity contribution is 6.29. The summed E-state index contributed by atoms with van der Waals surface area (Å²) in [5.74, 6) is 1.69. The molecule has 0 bridgehead atoms. The van der Waals surface area contributed by atoms with E-state index in [2.05, 4.69) is 25.2 Å². The maximum absolute atomic E-state index is 11.6. The highest BCUT2D eigenvalue weighted by atomic mass is 35.5. The van der Waals surface area contributed by atoms with Gasteiger partial charge in [-0.2, -0.15) is 10.2 Å². The predicted molar refractivity (Wildman–Crippen MR) is 122 cm³/mol. The molecular weight excluding hydrogens is 430 g/mol. The molecule has 0 aliphatic heterocycles. The minimum absolute atomic E-state index is 0.0865. The van der Waals surface area contributed by atoms with E-state index in [4.69, 9.17) is 26.6 Å². The third-order valence-corrected chi connectivity index (χ3v) is 6.00. The number of aromatic nitrogens is 4. The Labute approximate surface area is 190 Å². The molecule has 0 saturated heterocycles. The van der Waals surface area contributed by atoms with Crippen LogP contribution in [0.25, 0.3) is 11.0 Å². The van der Waals surface area contributed by atoms with Crippen LogP contribution < -0.4 is 15.4 Å². The van der Waals surface area contributed by atoms with E-state index in [0.29, 0.717) is 17.2 Å². The highest BCUT2D eigenvalue weighted by Gasteiger charge is 2.27. The van der Waals surface area contributed by atoms with Crippen LogP contribution in [0.2, 0.25) is 0 Å². The van der Waals surface area contributed by atoms with Gasteiger partial charge in [0.25, 0.3) is 0 Å². The van der Waals surface area contributed by atoms with Gasteiger partial charge in [-0.3, -0.25) is 4.79 Å². The summed E-state index contributed by atoms with van der Waals surface area (Å²) in [7, 11) is 3.51. The van der Waals surface area contributed by atoms with Crippen LogP contribution in [0.4, 0.5) is 11.6 Å². The second kappa shape index (κ2) is 9.40. The normalized spacial score (nSPS) is 18.2. The van der Waals surface area contributed by atoms with Gasteiger partial charge in [0.15, 0.2) is 0 Å². The lowest BCUT2D eigenvalue weighted by Gasteiger charge is -2.29. The third kappa shape index (κ3) is 4.46. The fourth-order valence-electron chi connectivity index (χ4n) is 4.26. The molecule has 1 fully saturated rings. The van der Waals surface area contributed by atoms with Crippen molar-refractivity contribution in [3.05, 3.63) is 35.8 Å². The number of hydrogen-bond donors (Lipinski definition) is 2. The molecule has 1 saturated carbocycles. The van der Waals surface area contributed by atoms with Gasteiger partial charge in [0.05, 0.1) is 24.3 Å². The Hall–Kier alpha value is -3.38. The molecule has 2 N–H and O–H groups in total. The summed E-state index contributed by atoms with van der Waals surface area (Å²) in [4.78, 5) is 25.0. The molecule has 4 rings (SSSR count). The second-order valence-electron chi connectivity index (χ2n) is 7.85. The number of carbonyl (C=O) groups is 1. The fourth-order valence-corrected chi connectivity index (χ4v) is 4.33. The van der Waals surface area contributed by atoms with Crippen molar-refractivity contribution in [1.82, 2.24) is 19.5 Å². The minimum atomic E-state index is -0.245. The summed E-state index contributed by atoms with van der Waals surface area (Å²) in [6, 6.07) is 7.91. The first-order chi connectivity index (χ1) is 15.5. The number of halogens is 1. The van der Waals surface area contributed by atoms with Crippen molar-refractivity contribution in [2.24, 2.45) is 7.05 Å². The van der Waals surface area contributed by atoms with Crippen LogP contribution >= 0.6 is 11.6 Å². The number of nitrogens with zero attached hydrogens (tertiary/aromatic N) is 5. The van der Waals surface area contributed by atoms with E-state index in [1.165, 1.54) is 13.3 Å². The average molecular weight is 454 g/mol. The molecule has 10 heteroatoms. The van der Waals surface area contributed by atoms with E-state index in [0.717, 1.165) is 42.5 Å². The summed E-state index contributed by atoms with van der Waals surface area (Å²) < 4.78 is 7.31. The second-order valence-corrected chi connectivity index (χ2v) is 8.11. The minimum Gasteiger partial charge on any atom is -0.480 e. The lowest BCUT2D eigenvalue weighted by atomic mass is 9.85. The summed E-state index contributed by atoms with van der Waals surface area (Å²) in [5, 5.41) is 15.3. The van der Waals surface area contributed by atoms with Crippen LogP contribution in [0.5, 0.6) is 5.88 Å². The number of imidazole rings is 1. The number of nitrogens with one attached hydrogen (secondary N) is 2. The Balaban J connectivity index is 1.52. The van der Waals surface area contributed by atoms with Crippen molar-refractivity contribution in [2.75, 3.05) is 23.6 Å². The van der Waals surface area contributed by atoms with Crippen LogP contribution in [0.1, 0.15) is 43.0 Å². The number of ether oxygens (including phenoxy) is 1. The molecule has 166 valence electrons. The molecule has 2 heterocycles. The van der Waals surface area contributed by atoms with Crippen LogP contribution in [0.15, 0.2) is 24.4 Å². The first-order valence-corrected chi connectivity index (χ1v) is 11.0. The lowest BCUT2D eigenvalue weighted by molar-refractivity contribution is -0.113. The SMILES string of the molecule is COc1nc(N[C@@H]2CCC[C@H](c3nc4cc(NC(=O)CCl)ccc4n3C)C2)ncc1C#N. The Morgan fingerprint density at radius 1 is 1.38 bits per heavy atom. The van der Waals surface area contributed by atoms with Crippen molar-refractivity contribution in [2.45, 2.75) is 37.6 Å². The Bertz CT molecular complexity index is 1190. The Kier molecular flexibility index (Phi) is 6.42. The molecule has 1 amide bonds. The van der Waals surface area contributed by atoms with E-state index in [-0.39, 0.29) is 29.6 Å². The molecule has 2 aromatic heterocycles. The molecule has 1 aromatic carbocycles. The van der Waals surface area contributed by atoms with Crippen molar-refractivity contribution in [3.8, 4) is 11.9 Å². The number of anilines is 2. The van der Waals surface area contributed by atoms with Gasteiger partial charge >= 0.3 is 0 Å². The number of hydrogen-bond acceptors (Lipinski definition) is 7. The monoisotopic (exact) mass is 453 g/mol. The number of rotatable bonds is 6. The first kappa shape index (κ1) is 21.8. The van der Waals surface area contributed by atoms with Gasteiger partial charge in [0.1, 0.15) is 23.3 Å². The topological polar surface area (TPSA) is 118 Å².